The monoisotopic (exact) mass is 622 g/mol. The van der Waals surface area contributed by atoms with Gasteiger partial charge in [-0.25, -0.2) is 8.42 Å². The molecule has 0 heterocycles. The van der Waals surface area contributed by atoms with Gasteiger partial charge < -0.3 is 10.5 Å². The van der Waals surface area contributed by atoms with Gasteiger partial charge in [0.05, 0.1) is 0 Å². The zero-order valence-electron chi connectivity index (χ0n) is 21.5. The van der Waals surface area contributed by atoms with Gasteiger partial charge in [0.25, 0.3) is 0 Å². The molecule has 0 unspecified atom stereocenters. The molecule has 0 radical (unpaired) electrons. The Labute approximate surface area is 236 Å². The first kappa shape index (κ1) is 30.9. The molecule has 7 heteroatoms. The van der Waals surface area contributed by atoms with Crippen molar-refractivity contribution in [1.82, 2.24) is 0 Å². The van der Waals surface area contributed by atoms with Gasteiger partial charge in [0.15, 0.2) is 0 Å². The fourth-order valence-corrected chi connectivity index (χ4v) is 5.12. The van der Waals surface area contributed by atoms with Crippen molar-refractivity contribution in [3.8, 4) is 0 Å². The number of benzene rings is 4. The molecule has 0 aliphatic heterocycles. The molecular weight excluding hydrogens is 589 g/mol. The molecule has 0 aliphatic carbocycles. The first-order valence-corrected chi connectivity index (χ1v) is 15.4. The van der Waals surface area contributed by atoms with Gasteiger partial charge in [0, 0.05) is 10.9 Å². The number of aryl methyl sites for hydroxylation is 4. The number of halogens is 1. The second kappa shape index (κ2) is 15.2. The Morgan fingerprint density at radius 2 is 1.05 bits per heavy atom. The molecule has 0 amide bonds. The molecule has 0 saturated heterocycles. The summed E-state index contributed by atoms with van der Waals surface area (Å²) in [6.45, 7) is 8.28. The molecule has 2 N–H and O–H groups in total. The SMILES string of the molecule is Cc1cc(C)cc(C)c1.Cc1ccc(S(=O)(=O)[N-][C@@H](c2ccccc2)[C@@H](N)c2ccccc2)cc1.[Cl][Ru+]. The average molecular weight is 622 g/mol. The zero-order chi connectivity index (χ0) is 27.4. The van der Waals surface area contributed by atoms with Gasteiger partial charge in [-0.1, -0.05) is 125 Å². The number of nitrogens with two attached hydrogens (primary N) is 1. The molecule has 0 fully saturated rings. The number of sulfonamides is 1. The molecular formula is C30H33ClN2O2RuS. The van der Waals surface area contributed by atoms with Gasteiger partial charge in [-0.15, -0.1) is 0 Å². The van der Waals surface area contributed by atoms with Gasteiger partial charge in [-0.05, 0) is 45.4 Å². The van der Waals surface area contributed by atoms with E-state index in [-0.39, 0.29) is 4.90 Å². The summed E-state index contributed by atoms with van der Waals surface area (Å²) < 4.78 is 29.9. The predicted molar refractivity (Wildman–Crippen MR) is 151 cm³/mol. The summed E-state index contributed by atoms with van der Waals surface area (Å²) in [5, 5.41) is 0. The first-order valence-electron chi connectivity index (χ1n) is 11.7. The Bertz CT molecular complexity index is 1280. The van der Waals surface area contributed by atoms with Crippen LogP contribution in [0.3, 0.4) is 0 Å². The fraction of sp³-hybridized carbons (Fsp3) is 0.200. The van der Waals surface area contributed by atoms with E-state index < -0.39 is 22.1 Å². The van der Waals surface area contributed by atoms with Crippen molar-refractivity contribution in [1.29, 1.82) is 0 Å². The Hall–Kier alpha value is -2.34. The van der Waals surface area contributed by atoms with E-state index in [4.69, 9.17) is 5.73 Å². The molecule has 4 aromatic rings. The van der Waals surface area contributed by atoms with E-state index in [2.05, 4.69) is 53.4 Å². The standard InChI is InChI=1S/C21H21N2O2S.C9H12.ClH.Ru/c1-16-12-14-19(15-13-16)26(24,25)23-21(18-10-6-3-7-11-18)20(22)17-8-4-2-5-9-17;1-7-4-8(2)6-9(3)5-7;;/h2-15,20-21H,22H2,1H3;4-6H,1-3H3;1H;/q-1;;;+2/p-1/t20-,21-;;;/m0.../s1. The summed E-state index contributed by atoms with van der Waals surface area (Å²) in [7, 11) is 0.736. The van der Waals surface area contributed by atoms with E-state index in [1.807, 2.05) is 84.9 Å². The van der Waals surface area contributed by atoms with Crippen molar-refractivity contribution in [2.24, 2.45) is 5.73 Å². The van der Waals surface area contributed by atoms with Crippen LogP contribution in [-0.4, -0.2) is 8.42 Å². The summed E-state index contributed by atoms with van der Waals surface area (Å²) >= 11 is 1.82. The van der Waals surface area contributed by atoms with Crippen LogP contribution in [0.2, 0.25) is 0 Å². The van der Waals surface area contributed by atoms with Crippen LogP contribution < -0.4 is 5.73 Å². The Morgan fingerprint density at radius 3 is 1.49 bits per heavy atom. The Kier molecular flexibility index (Phi) is 12.7. The van der Waals surface area contributed by atoms with Gasteiger partial charge in [0.2, 0.25) is 0 Å². The van der Waals surface area contributed by atoms with Gasteiger partial charge >= 0.3 is 27.0 Å². The van der Waals surface area contributed by atoms with Crippen molar-refractivity contribution in [2.45, 2.75) is 44.7 Å². The Balaban J connectivity index is 0.000000367. The van der Waals surface area contributed by atoms with Crippen molar-refractivity contribution in [3.05, 3.63) is 141 Å². The first-order chi connectivity index (χ1) is 17.7. The van der Waals surface area contributed by atoms with Crippen molar-refractivity contribution < 1.29 is 25.7 Å². The van der Waals surface area contributed by atoms with Gasteiger partial charge in [0.1, 0.15) is 10.0 Å². The zero-order valence-corrected chi connectivity index (χ0v) is 24.8. The molecule has 0 aliphatic rings. The van der Waals surface area contributed by atoms with Crippen LogP contribution in [0.1, 0.15) is 45.5 Å². The maximum absolute atomic E-state index is 12.8. The van der Waals surface area contributed by atoms with E-state index in [1.54, 1.807) is 24.3 Å². The molecule has 2 atom stereocenters. The molecule has 37 heavy (non-hydrogen) atoms. The van der Waals surface area contributed by atoms with Gasteiger partial charge in [-0.2, -0.15) is 0 Å². The summed E-state index contributed by atoms with van der Waals surface area (Å²) in [6, 6.07) is 30.7. The van der Waals surface area contributed by atoms with Crippen LogP contribution in [0.5, 0.6) is 0 Å². The molecule has 0 bridgehead atoms. The Morgan fingerprint density at radius 1 is 0.649 bits per heavy atom. The van der Waals surface area contributed by atoms with Crippen molar-refractivity contribution >= 4 is 19.7 Å². The number of hydrogen-bond donors (Lipinski definition) is 1. The number of rotatable bonds is 6. The van der Waals surface area contributed by atoms with Crippen LogP contribution in [0.25, 0.3) is 4.72 Å². The average Bonchev–Trinajstić information content (AvgIpc) is 2.89. The van der Waals surface area contributed by atoms with Crippen LogP contribution in [0, 0.1) is 27.7 Å². The quantitative estimate of drug-likeness (QED) is 0.223. The molecule has 196 valence electrons. The van der Waals surface area contributed by atoms with Crippen LogP contribution in [0.15, 0.2) is 108 Å². The van der Waals surface area contributed by atoms with E-state index in [1.165, 1.54) is 16.7 Å². The molecule has 0 saturated carbocycles. The summed E-state index contributed by atoms with van der Waals surface area (Å²) in [5.74, 6) is 0. The van der Waals surface area contributed by atoms with Gasteiger partial charge in [-0.3, -0.25) is 0 Å². The fourth-order valence-electron chi connectivity index (χ4n) is 3.96. The third-order valence-corrected chi connectivity index (χ3v) is 6.98. The minimum atomic E-state index is -3.83. The van der Waals surface area contributed by atoms with Crippen molar-refractivity contribution in [3.63, 3.8) is 0 Å². The second-order valence-corrected chi connectivity index (χ2v) is 10.5. The molecule has 0 spiro atoms. The predicted octanol–water partition coefficient (Wildman–Crippen LogP) is 7.80. The second-order valence-electron chi connectivity index (χ2n) is 8.85. The molecule has 4 aromatic carbocycles. The van der Waals surface area contributed by atoms with Crippen molar-refractivity contribution in [2.75, 3.05) is 0 Å². The number of hydrogen-bond acceptors (Lipinski definition) is 3. The van der Waals surface area contributed by atoms with E-state index in [0.29, 0.717) is 0 Å². The van der Waals surface area contributed by atoms with E-state index >= 15 is 0 Å². The van der Waals surface area contributed by atoms with Crippen LogP contribution in [-0.2, 0) is 27.3 Å². The molecule has 4 rings (SSSR count). The van der Waals surface area contributed by atoms with E-state index in [9.17, 15) is 8.42 Å². The topological polar surface area (TPSA) is 74.3 Å². The normalized spacial score (nSPS) is 12.3. The minimum absolute atomic E-state index is 0.171. The van der Waals surface area contributed by atoms with Crippen LogP contribution in [0.4, 0.5) is 0 Å². The third-order valence-electron chi connectivity index (χ3n) is 5.60. The van der Waals surface area contributed by atoms with Crippen LogP contribution >= 0.6 is 9.69 Å². The summed E-state index contributed by atoms with van der Waals surface area (Å²) in [5.41, 5.74) is 13.1. The summed E-state index contributed by atoms with van der Waals surface area (Å²) in [4.78, 5) is 0.171. The number of nitrogens with zero attached hydrogens (tertiary/aromatic N) is 1. The molecule has 4 nitrogen and oxygen atoms in total. The molecule has 0 aromatic heterocycles. The third kappa shape index (κ3) is 9.81. The maximum atomic E-state index is 12.8. The van der Waals surface area contributed by atoms with E-state index in [0.717, 1.165) is 16.7 Å². The summed E-state index contributed by atoms with van der Waals surface area (Å²) in [6.07, 6.45) is 0.